The Morgan fingerprint density at radius 1 is 1.42 bits per heavy atom. The van der Waals surface area contributed by atoms with Crippen molar-refractivity contribution >= 4 is 11.3 Å². The highest BCUT2D eigenvalue weighted by atomic mass is 32.1. The third-order valence-electron chi connectivity index (χ3n) is 2.61. The van der Waals surface area contributed by atoms with Crippen molar-refractivity contribution in [3.63, 3.8) is 0 Å². The molecule has 2 aromatic heterocycles. The molecule has 6 nitrogen and oxygen atoms in total. The zero-order chi connectivity index (χ0) is 13.5. The van der Waals surface area contributed by atoms with Gasteiger partial charge in [-0.15, -0.1) is 10.2 Å². The molecule has 19 heavy (non-hydrogen) atoms. The maximum atomic E-state index is 4.98. The molecule has 0 fully saturated rings. The molecule has 1 N–H and O–H groups in total. The Labute approximate surface area is 116 Å². The monoisotopic (exact) mass is 281 g/mol. The molecule has 0 amide bonds. The van der Waals surface area contributed by atoms with Crippen molar-refractivity contribution in [2.75, 3.05) is 20.3 Å². The van der Waals surface area contributed by atoms with Gasteiger partial charge in [-0.2, -0.15) is 0 Å². The fourth-order valence-corrected chi connectivity index (χ4v) is 2.51. The number of nitrogens with zero attached hydrogens (tertiary/aromatic N) is 4. The Morgan fingerprint density at radius 3 is 3.11 bits per heavy atom. The molecule has 0 radical (unpaired) electrons. The summed E-state index contributed by atoms with van der Waals surface area (Å²) in [5.74, 6) is 1.04. The van der Waals surface area contributed by atoms with E-state index in [4.69, 9.17) is 4.74 Å². The van der Waals surface area contributed by atoms with Gasteiger partial charge in [0.05, 0.1) is 6.61 Å². The SMILES string of the molecule is CCCc1nccn1-c1nnc(CNCCOC)s1. The molecule has 0 aliphatic carbocycles. The van der Waals surface area contributed by atoms with Crippen molar-refractivity contribution in [1.29, 1.82) is 0 Å². The molecule has 0 saturated carbocycles. The fourth-order valence-electron chi connectivity index (χ4n) is 1.70. The minimum atomic E-state index is 0.702. The smallest absolute Gasteiger partial charge is 0.217 e. The highest BCUT2D eigenvalue weighted by molar-refractivity contribution is 7.13. The van der Waals surface area contributed by atoms with Crippen LogP contribution in [-0.2, 0) is 17.7 Å². The predicted octanol–water partition coefficient (Wildman–Crippen LogP) is 1.41. The number of hydrogen-bond acceptors (Lipinski definition) is 6. The predicted molar refractivity (Wildman–Crippen MR) is 74.6 cm³/mol. The number of imidazole rings is 1. The van der Waals surface area contributed by atoms with E-state index in [1.165, 1.54) is 0 Å². The first-order valence-corrected chi connectivity index (χ1v) is 7.21. The van der Waals surface area contributed by atoms with Crippen LogP contribution in [0.4, 0.5) is 0 Å². The van der Waals surface area contributed by atoms with Crippen molar-refractivity contribution in [2.45, 2.75) is 26.3 Å². The lowest BCUT2D eigenvalue weighted by molar-refractivity contribution is 0.199. The molecule has 2 aromatic rings. The second-order valence-electron chi connectivity index (χ2n) is 4.11. The molecule has 0 aliphatic rings. The van der Waals surface area contributed by atoms with Crippen LogP contribution in [0.5, 0.6) is 0 Å². The molecule has 0 saturated heterocycles. The van der Waals surface area contributed by atoms with Crippen LogP contribution in [0, 0.1) is 0 Å². The number of rotatable bonds is 8. The van der Waals surface area contributed by atoms with Crippen molar-refractivity contribution in [3.8, 4) is 5.13 Å². The second kappa shape index (κ2) is 7.32. The summed E-state index contributed by atoms with van der Waals surface area (Å²) in [5, 5.41) is 13.5. The maximum Gasteiger partial charge on any atom is 0.217 e. The Bertz CT molecular complexity index is 496. The van der Waals surface area contributed by atoms with E-state index in [2.05, 4.69) is 27.4 Å². The summed E-state index contributed by atoms with van der Waals surface area (Å²) in [5.41, 5.74) is 0. The fraction of sp³-hybridized carbons (Fsp3) is 0.583. The summed E-state index contributed by atoms with van der Waals surface area (Å²) in [6.45, 7) is 4.38. The molecule has 2 rings (SSSR count). The minimum absolute atomic E-state index is 0.702. The van der Waals surface area contributed by atoms with Crippen molar-refractivity contribution in [3.05, 3.63) is 23.2 Å². The first kappa shape index (κ1) is 14.1. The molecular formula is C12H19N5OS. The van der Waals surface area contributed by atoms with Gasteiger partial charge in [-0.05, 0) is 6.42 Å². The normalized spacial score (nSPS) is 11.1. The molecule has 7 heteroatoms. The van der Waals surface area contributed by atoms with Gasteiger partial charge in [0.1, 0.15) is 10.8 Å². The summed E-state index contributed by atoms with van der Waals surface area (Å²) in [6, 6.07) is 0. The summed E-state index contributed by atoms with van der Waals surface area (Å²) in [4.78, 5) is 4.35. The van der Waals surface area contributed by atoms with E-state index in [9.17, 15) is 0 Å². The van der Waals surface area contributed by atoms with E-state index < -0.39 is 0 Å². The standard InChI is InChI=1S/C12H19N5OS/c1-3-4-10-14-5-7-17(10)12-16-15-11(19-12)9-13-6-8-18-2/h5,7,13H,3-4,6,8-9H2,1-2H3. The summed E-state index contributed by atoms with van der Waals surface area (Å²) >= 11 is 1.59. The van der Waals surface area contributed by atoms with Gasteiger partial charge in [0.15, 0.2) is 0 Å². The van der Waals surface area contributed by atoms with Crippen LogP contribution in [0.1, 0.15) is 24.2 Å². The number of ether oxygens (including phenoxy) is 1. The Morgan fingerprint density at radius 2 is 2.32 bits per heavy atom. The van der Waals surface area contributed by atoms with Gasteiger partial charge in [0, 0.05) is 39.0 Å². The lowest BCUT2D eigenvalue weighted by atomic mass is 10.3. The molecule has 0 unspecified atom stereocenters. The number of aryl methyl sites for hydroxylation is 1. The van der Waals surface area contributed by atoms with Crippen LogP contribution in [0.3, 0.4) is 0 Å². The van der Waals surface area contributed by atoms with Gasteiger partial charge in [-0.3, -0.25) is 4.57 Å². The molecule has 0 aliphatic heterocycles. The van der Waals surface area contributed by atoms with E-state index >= 15 is 0 Å². The number of hydrogen-bond donors (Lipinski definition) is 1. The topological polar surface area (TPSA) is 64.9 Å². The lowest BCUT2D eigenvalue weighted by Crippen LogP contribution is -2.18. The molecule has 0 atom stereocenters. The molecule has 0 aromatic carbocycles. The van der Waals surface area contributed by atoms with Crippen molar-refractivity contribution in [1.82, 2.24) is 25.1 Å². The van der Waals surface area contributed by atoms with Crippen LogP contribution in [0.25, 0.3) is 5.13 Å². The first-order chi connectivity index (χ1) is 9.35. The van der Waals surface area contributed by atoms with Crippen LogP contribution < -0.4 is 5.32 Å². The Balaban J connectivity index is 1.98. The van der Waals surface area contributed by atoms with Crippen molar-refractivity contribution < 1.29 is 4.74 Å². The molecule has 2 heterocycles. The number of methoxy groups -OCH3 is 1. The van der Waals surface area contributed by atoms with E-state index in [1.807, 2.05) is 17.0 Å². The maximum absolute atomic E-state index is 4.98. The van der Waals surface area contributed by atoms with Gasteiger partial charge >= 0.3 is 0 Å². The average molecular weight is 281 g/mol. The zero-order valence-electron chi connectivity index (χ0n) is 11.3. The minimum Gasteiger partial charge on any atom is -0.383 e. The molecular weight excluding hydrogens is 262 g/mol. The molecule has 0 bridgehead atoms. The van der Waals surface area contributed by atoms with Gasteiger partial charge in [0.25, 0.3) is 0 Å². The summed E-state index contributed by atoms with van der Waals surface area (Å²) in [7, 11) is 1.69. The average Bonchev–Trinajstić information content (AvgIpc) is 3.04. The van der Waals surface area contributed by atoms with Crippen LogP contribution in [0.2, 0.25) is 0 Å². The molecule has 104 valence electrons. The Kier molecular flexibility index (Phi) is 5.44. The zero-order valence-corrected chi connectivity index (χ0v) is 12.1. The molecule has 0 spiro atoms. The van der Waals surface area contributed by atoms with Crippen LogP contribution in [-0.4, -0.2) is 40.0 Å². The van der Waals surface area contributed by atoms with Crippen LogP contribution in [0.15, 0.2) is 12.4 Å². The highest BCUT2D eigenvalue weighted by Gasteiger charge is 2.09. The Hall–Kier alpha value is -1.31. The van der Waals surface area contributed by atoms with Gasteiger partial charge in [-0.1, -0.05) is 18.3 Å². The quantitative estimate of drug-likeness (QED) is 0.741. The lowest BCUT2D eigenvalue weighted by Gasteiger charge is -2.01. The third kappa shape index (κ3) is 3.82. The van der Waals surface area contributed by atoms with Gasteiger partial charge in [-0.25, -0.2) is 4.98 Å². The summed E-state index contributed by atoms with van der Waals surface area (Å²) in [6.07, 6.45) is 5.77. The van der Waals surface area contributed by atoms with Gasteiger partial charge in [0.2, 0.25) is 5.13 Å². The number of aromatic nitrogens is 4. The van der Waals surface area contributed by atoms with E-state index in [-0.39, 0.29) is 0 Å². The van der Waals surface area contributed by atoms with Crippen LogP contribution >= 0.6 is 11.3 Å². The summed E-state index contributed by atoms with van der Waals surface area (Å²) < 4.78 is 6.99. The van der Waals surface area contributed by atoms with Crippen molar-refractivity contribution in [2.24, 2.45) is 0 Å². The highest BCUT2D eigenvalue weighted by Crippen LogP contribution is 2.17. The third-order valence-corrected chi connectivity index (χ3v) is 3.53. The second-order valence-corrected chi connectivity index (χ2v) is 5.15. The first-order valence-electron chi connectivity index (χ1n) is 6.39. The largest absolute Gasteiger partial charge is 0.383 e. The van der Waals surface area contributed by atoms with Gasteiger partial charge < -0.3 is 10.1 Å². The number of nitrogens with one attached hydrogen (secondary N) is 1. The van der Waals surface area contributed by atoms with E-state index in [0.717, 1.165) is 41.9 Å². The van der Waals surface area contributed by atoms with E-state index in [0.29, 0.717) is 6.61 Å². The van der Waals surface area contributed by atoms with E-state index in [1.54, 1.807) is 18.4 Å².